The maximum atomic E-state index is 12.7. The van der Waals surface area contributed by atoms with Crippen molar-refractivity contribution in [2.45, 2.75) is 6.04 Å². The summed E-state index contributed by atoms with van der Waals surface area (Å²) in [4.78, 5) is 26.7. The Morgan fingerprint density at radius 2 is 1.68 bits per heavy atom. The second kappa shape index (κ2) is 8.69. The van der Waals surface area contributed by atoms with E-state index in [4.69, 9.17) is 9.84 Å². The Kier molecular flexibility index (Phi) is 6.08. The lowest BCUT2D eigenvalue weighted by molar-refractivity contribution is -0.140. The van der Waals surface area contributed by atoms with Gasteiger partial charge in [0.15, 0.2) is 0 Å². The number of ketones is 1. The number of phenols is 1. The van der Waals surface area contributed by atoms with Gasteiger partial charge in [0.25, 0.3) is 11.7 Å². The molecule has 1 saturated heterocycles. The standard InChI is InChI=1S/C21H21NO6/c23-11-13-28-12-10-22-18(14-6-8-16(24)9-7-14)17(20(26)21(22)27)19(25)15-4-2-1-3-5-15/h1-9,18,23-25H,10-13H2. The highest BCUT2D eigenvalue weighted by molar-refractivity contribution is 6.46. The van der Waals surface area contributed by atoms with Crippen molar-refractivity contribution < 1.29 is 29.6 Å². The summed E-state index contributed by atoms with van der Waals surface area (Å²) in [5.41, 5.74) is 1.00. The molecule has 0 aromatic heterocycles. The lowest BCUT2D eigenvalue weighted by Crippen LogP contribution is -2.33. The SMILES string of the molecule is O=C1C(=O)N(CCOCCO)C(c2ccc(O)cc2)C1=C(O)c1ccccc1. The van der Waals surface area contributed by atoms with Crippen molar-refractivity contribution in [3.63, 3.8) is 0 Å². The van der Waals surface area contributed by atoms with Gasteiger partial charge < -0.3 is 25.0 Å². The third-order valence-corrected chi connectivity index (χ3v) is 4.51. The molecule has 3 N–H and O–H groups in total. The van der Waals surface area contributed by atoms with Crippen molar-refractivity contribution in [2.75, 3.05) is 26.4 Å². The van der Waals surface area contributed by atoms with Gasteiger partial charge in [-0.2, -0.15) is 0 Å². The third-order valence-electron chi connectivity index (χ3n) is 4.51. The van der Waals surface area contributed by atoms with E-state index in [1.54, 1.807) is 42.5 Å². The van der Waals surface area contributed by atoms with Gasteiger partial charge in [0, 0.05) is 12.1 Å². The van der Waals surface area contributed by atoms with E-state index in [0.29, 0.717) is 11.1 Å². The predicted octanol–water partition coefficient (Wildman–Crippen LogP) is 1.82. The first-order chi connectivity index (χ1) is 13.5. The smallest absolute Gasteiger partial charge is 0.295 e. The largest absolute Gasteiger partial charge is 0.508 e. The number of benzene rings is 2. The highest BCUT2D eigenvalue weighted by atomic mass is 16.5. The van der Waals surface area contributed by atoms with Crippen LogP contribution in [0.2, 0.25) is 0 Å². The number of aliphatic hydroxyl groups excluding tert-OH is 2. The molecule has 1 aliphatic heterocycles. The number of likely N-dealkylation sites (tertiary alicyclic amines) is 1. The number of phenolic OH excluding ortho intramolecular Hbond substituents is 1. The molecule has 2 aromatic rings. The fourth-order valence-electron chi connectivity index (χ4n) is 3.19. The van der Waals surface area contributed by atoms with Crippen molar-refractivity contribution in [3.05, 3.63) is 71.3 Å². The molecule has 1 amide bonds. The number of amides is 1. The Hall–Kier alpha value is -3.16. The number of hydrogen-bond donors (Lipinski definition) is 3. The van der Waals surface area contributed by atoms with Crippen LogP contribution in [0.3, 0.4) is 0 Å². The summed E-state index contributed by atoms with van der Waals surface area (Å²) in [5.74, 6) is -1.71. The zero-order valence-corrected chi connectivity index (χ0v) is 15.1. The Balaban J connectivity index is 2.04. The van der Waals surface area contributed by atoms with E-state index in [0.717, 1.165) is 0 Å². The van der Waals surface area contributed by atoms with E-state index in [-0.39, 0.29) is 43.4 Å². The van der Waals surface area contributed by atoms with Crippen LogP contribution in [0.1, 0.15) is 17.2 Å². The minimum absolute atomic E-state index is 0.0101. The van der Waals surface area contributed by atoms with Crippen LogP contribution >= 0.6 is 0 Å². The second-order valence-electron chi connectivity index (χ2n) is 6.29. The molecule has 28 heavy (non-hydrogen) atoms. The highest BCUT2D eigenvalue weighted by Gasteiger charge is 2.45. The maximum Gasteiger partial charge on any atom is 0.295 e. The Morgan fingerprint density at radius 3 is 2.32 bits per heavy atom. The minimum atomic E-state index is -0.807. The fourth-order valence-corrected chi connectivity index (χ4v) is 3.19. The Bertz CT molecular complexity index is 876. The quantitative estimate of drug-likeness (QED) is 0.291. The Labute approximate surface area is 162 Å². The van der Waals surface area contributed by atoms with Crippen molar-refractivity contribution in [2.24, 2.45) is 0 Å². The number of Topliss-reactive ketones (excluding diaryl/α,β-unsaturated/α-hetero) is 1. The first kappa shape index (κ1) is 19.6. The molecule has 3 rings (SSSR count). The molecule has 0 spiro atoms. The number of aromatic hydroxyl groups is 1. The molecular weight excluding hydrogens is 362 g/mol. The maximum absolute atomic E-state index is 12.7. The van der Waals surface area contributed by atoms with Gasteiger partial charge in [0.05, 0.1) is 31.4 Å². The summed E-state index contributed by atoms with van der Waals surface area (Å²) < 4.78 is 5.24. The van der Waals surface area contributed by atoms with Crippen molar-refractivity contribution >= 4 is 17.4 Å². The molecule has 1 unspecified atom stereocenters. The van der Waals surface area contributed by atoms with Gasteiger partial charge >= 0.3 is 0 Å². The Morgan fingerprint density at radius 1 is 1.00 bits per heavy atom. The van der Waals surface area contributed by atoms with Crippen LogP contribution in [-0.4, -0.2) is 58.3 Å². The lowest BCUT2D eigenvalue weighted by Gasteiger charge is -2.25. The van der Waals surface area contributed by atoms with Gasteiger partial charge in [-0.1, -0.05) is 42.5 Å². The number of nitrogens with zero attached hydrogens (tertiary/aromatic N) is 1. The summed E-state index contributed by atoms with van der Waals surface area (Å²) >= 11 is 0. The van der Waals surface area contributed by atoms with E-state index in [1.807, 2.05) is 0 Å². The monoisotopic (exact) mass is 383 g/mol. The first-order valence-electron chi connectivity index (χ1n) is 8.86. The molecule has 0 bridgehead atoms. The molecule has 0 aliphatic carbocycles. The molecule has 146 valence electrons. The third kappa shape index (κ3) is 3.90. The number of ether oxygens (including phenoxy) is 1. The zero-order chi connectivity index (χ0) is 20.1. The van der Waals surface area contributed by atoms with E-state index >= 15 is 0 Å². The summed E-state index contributed by atoms with van der Waals surface area (Å²) in [6, 6.07) is 13.9. The van der Waals surface area contributed by atoms with E-state index < -0.39 is 17.7 Å². The van der Waals surface area contributed by atoms with E-state index in [2.05, 4.69) is 0 Å². The molecule has 7 nitrogen and oxygen atoms in total. The number of carbonyl (C=O) groups is 2. The average molecular weight is 383 g/mol. The summed E-state index contributed by atoms with van der Waals surface area (Å²) in [7, 11) is 0. The number of carbonyl (C=O) groups excluding carboxylic acids is 2. The number of rotatable bonds is 7. The minimum Gasteiger partial charge on any atom is -0.508 e. The van der Waals surface area contributed by atoms with Crippen molar-refractivity contribution in [3.8, 4) is 5.75 Å². The summed E-state index contributed by atoms with van der Waals surface area (Å²) in [6.07, 6.45) is 0. The molecule has 1 fully saturated rings. The summed E-state index contributed by atoms with van der Waals surface area (Å²) in [5, 5.41) is 29.2. The van der Waals surface area contributed by atoms with Crippen molar-refractivity contribution in [1.29, 1.82) is 0 Å². The topological polar surface area (TPSA) is 107 Å². The van der Waals surface area contributed by atoms with E-state index in [1.165, 1.54) is 17.0 Å². The molecule has 1 atom stereocenters. The zero-order valence-electron chi connectivity index (χ0n) is 15.1. The normalized spacial score (nSPS) is 18.6. The number of aliphatic hydroxyl groups is 2. The lowest BCUT2D eigenvalue weighted by atomic mass is 9.95. The highest BCUT2D eigenvalue weighted by Crippen LogP contribution is 2.39. The first-order valence-corrected chi connectivity index (χ1v) is 8.86. The van der Waals surface area contributed by atoms with Crippen LogP contribution in [0.15, 0.2) is 60.2 Å². The van der Waals surface area contributed by atoms with Gasteiger partial charge in [-0.05, 0) is 17.7 Å². The predicted molar refractivity (Wildman–Crippen MR) is 101 cm³/mol. The van der Waals surface area contributed by atoms with Crippen LogP contribution in [0, 0.1) is 0 Å². The van der Waals surface area contributed by atoms with Gasteiger partial charge in [0.1, 0.15) is 11.5 Å². The van der Waals surface area contributed by atoms with Crippen LogP contribution in [0.4, 0.5) is 0 Å². The molecule has 1 heterocycles. The van der Waals surface area contributed by atoms with Gasteiger partial charge in [-0.25, -0.2) is 0 Å². The van der Waals surface area contributed by atoms with Crippen LogP contribution in [-0.2, 0) is 14.3 Å². The van der Waals surface area contributed by atoms with Crippen LogP contribution in [0.5, 0.6) is 5.75 Å². The van der Waals surface area contributed by atoms with Gasteiger partial charge in [-0.15, -0.1) is 0 Å². The molecule has 2 aromatic carbocycles. The van der Waals surface area contributed by atoms with E-state index in [9.17, 15) is 19.8 Å². The van der Waals surface area contributed by atoms with Crippen molar-refractivity contribution in [1.82, 2.24) is 4.90 Å². The molecule has 0 saturated carbocycles. The molecule has 1 aliphatic rings. The molecular formula is C21H21NO6. The molecule has 7 heteroatoms. The molecule has 0 radical (unpaired) electrons. The van der Waals surface area contributed by atoms with Crippen LogP contribution < -0.4 is 0 Å². The fraction of sp³-hybridized carbons (Fsp3) is 0.238. The van der Waals surface area contributed by atoms with Gasteiger partial charge in [-0.3, -0.25) is 9.59 Å². The summed E-state index contributed by atoms with van der Waals surface area (Å²) in [6.45, 7) is 0.223. The second-order valence-corrected chi connectivity index (χ2v) is 6.29. The van der Waals surface area contributed by atoms with Gasteiger partial charge in [0.2, 0.25) is 0 Å². The van der Waals surface area contributed by atoms with Crippen LogP contribution in [0.25, 0.3) is 5.76 Å². The number of hydrogen-bond acceptors (Lipinski definition) is 6. The average Bonchev–Trinajstić information content (AvgIpc) is 2.97.